The number of nitrogens with zero attached hydrogens (tertiary/aromatic N) is 3. The summed E-state index contributed by atoms with van der Waals surface area (Å²) < 4.78 is 16.1. The van der Waals surface area contributed by atoms with Gasteiger partial charge in [-0.05, 0) is 73.2 Å². The van der Waals surface area contributed by atoms with Crippen molar-refractivity contribution in [2.45, 2.75) is 51.4 Å². The average molecular weight is 550 g/mol. The number of aromatic nitrogens is 3. The third kappa shape index (κ3) is 5.69. The minimum atomic E-state index is -0.485. The lowest BCUT2D eigenvalue weighted by atomic mass is 9.92. The van der Waals surface area contributed by atoms with Crippen LogP contribution < -0.4 is 15.8 Å². The summed E-state index contributed by atoms with van der Waals surface area (Å²) in [6.45, 7) is 3.56. The molecule has 5 aromatic rings. The summed E-state index contributed by atoms with van der Waals surface area (Å²) in [5.41, 5.74) is 12.5. The molecule has 2 aromatic heterocycles. The average Bonchev–Trinajstić information content (AvgIpc) is 3.59. The SMILES string of the molecule is C[C@@H](OC(=O)Nc1ccc(-c2c(CN)c3cc(OCCn4ccnc4)ccc3n2C2CCC2)cc1)c1ccccc1. The first kappa shape index (κ1) is 26.7. The Balaban J connectivity index is 1.23. The summed E-state index contributed by atoms with van der Waals surface area (Å²) >= 11 is 0. The van der Waals surface area contributed by atoms with E-state index < -0.39 is 6.09 Å². The Morgan fingerprint density at radius 2 is 1.90 bits per heavy atom. The van der Waals surface area contributed by atoms with Crippen LogP contribution in [0.2, 0.25) is 0 Å². The number of benzene rings is 3. The van der Waals surface area contributed by atoms with Crippen molar-refractivity contribution in [1.29, 1.82) is 0 Å². The molecule has 1 aliphatic rings. The van der Waals surface area contributed by atoms with Crippen LogP contribution in [0, 0.1) is 0 Å². The molecule has 0 aliphatic heterocycles. The van der Waals surface area contributed by atoms with Crippen molar-refractivity contribution in [2.75, 3.05) is 11.9 Å². The van der Waals surface area contributed by atoms with Crippen LogP contribution in [0.25, 0.3) is 22.2 Å². The Kier molecular flexibility index (Phi) is 7.73. The minimum Gasteiger partial charge on any atom is -0.492 e. The van der Waals surface area contributed by atoms with E-state index >= 15 is 0 Å². The molecule has 3 aromatic carbocycles. The molecule has 0 bridgehead atoms. The second-order valence-electron chi connectivity index (χ2n) is 10.5. The predicted octanol–water partition coefficient (Wildman–Crippen LogP) is 7.08. The third-order valence-corrected chi connectivity index (χ3v) is 7.86. The number of carbonyl (C=O) groups excluding carboxylic acids is 1. The zero-order valence-electron chi connectivity index (χ0n) is 23.2. The summed E-state index contributed by atoms with van der Waals surface area (Å²) in [4.78, 5) is 16.7. The van der Waals surface area contributed by atoms with Crippen molar-refractivity contribution < 1.29 is 14.3 Å². The number of nitrogens with two attached hydrogens (primary N) is 1. The molecule has 0 saturated heterocycles. The van der Waals surface area contributed by atoms with Crippen LogP contribution in [-0.4, -0.2) is 26.8 Å². The molecule has 1 amide bonds. The van der Waals surface area contributed by atoms with Crippen LogP contribution in [0.3, 0.4) is 0 Å². The molecule has 6 rings (SSSR count). The second kappa shape index (κ2) is 11.9. The molecule has 8 heteroatoms. The minimum absolute atomic E-state index is 0.347. The molecule has 0 radical (unpaired) electrons. The maximum absolute atomic E-state index is 12.6. The first-order valence-electron chi connectivity index (χ1n) is 14.2. The number of ether oxygens (including phenoxy) is 2. The molecule has 1 atom stereocenters. The monoisotopic (exact) mass is 549 g/mol. The Morgan fingerprint density at radius 3 is 2.59 bits per heavy atom. The molecule has 3 N–H and O–H groups in total. The van der Waals surface area contributed by atoms with Crippen molar-refractivity contribution in [3.05, 3.63) is 103 Å². The number of imidazole rings is 1. The van der Waals surface area contributed by atoms with E-state index in [1.54, 1.807) is 12.5 Å². The molecule has 2 heterocycles. The van der Waals surface area contributed by atoms with Crippen LogP contribution in [0.4, 0.5) is 10.5 Å². The van der Waals surface area contributed by atoms with Crippen molar-refractivity contribution in [1.82, 2.24) is 14.1 Å². The lowest BCUT2D eigenvalue weighted by Gasteiger charge is -2.30. The van der Waals surface area contributed by atoms with Crippen LogP contribution >= 0.6 is 0 Å². The van der Waals surface area contributed by atoms with Crippen molar-refractivity contribution >= 4 is 22.7 Å². The quantitative estimate of drug-likeness (QED) is 0.194. The maximum Gasteiger partial charge on any atom is 0.412 e. The van der Waals surface area contributed by atoms with E-state index in [-0.39, 0.29) is 6.10 Å². The van der Waals surface area contributed by atoms with Crippen molar-refractivity contribution in [3.63, 3.8) is 0 Å². The van der Waals surface area contributed by atoms with E-state index in [0.29, 0.717) is 24.9 Å². The smallest absolute Gasteiger partial charge is 0.412 e. The summed E-state index contributed by atoms with van der Waals surface area (Å²) in [5.74, 6) is 0.826. The van der Waals surface area contributed by atoms with E-state index in [9.17, 15) is 4.79 Å². The topological polar surface area (TPSA) is 96.3 Å². The number of anilines is 1. The standard InChI is InChI=1S/C33H35N5O3/c1-23(24-6-3-2-4-7-24)41-33(39)36-26-12-10-25(11-13-26)32-30(21-34)29-20-28(40-19-18-37-17-16-35-22-37)14-15-31(29)38(32)27-8-5-9-27/h2-4,6-7,10-17,20,22-23,27H,5,8-9,18-19,21,34H2,1H3,(H,36,39)/t23-/m1/s1. The number of amides is 1. The molecular weight excluding hydrogens is 514 g/mol. The van der Waals surface area contributed by atoms with Gasteiger partial charge in [-0.15, -0.1) is 0 Å². The molecule has 1 aliphatic carbocycles. The lowest BCUT2D eigenvalue weighted by Crippen LogP contribution is -2.18. The summed E-state index contributed by atoms with van der Waals surface area (Å²) in [6, 6.07) is 24.4. The maximum atomic E-state index is 12.6. The fraction of sp³-hybridized carbons (Fsp3) is 0.273. The van der Waals surface area contributed by atoms with E-state index in [1.165, 1.54) is 11.9 Å². The number of fused-ring (bicyclic) bond motifs is 1. The Morgan fingerprint density at radius 1 is 1.10 bits per heavy atom. The van der Waals surface area contributed by atoms with Gasteiger partial charge in [0.1, 0.15) is 18.5 Å². The van der Waals surface area contributed by atoms with Gasteiger partial charge >= 0.3 is 6.09 Å². The van der Waals surface area contributed by atoms with Gasteiger partial charge in [0.15, 0.2) is 0 Å². The zero-order chi connectivity index (χ0) is 28.2. The van der Waals surface area contributed by atoms with Crippen LogP contribution in [0.15, 0.2) is 91.5 Å². The molecule has 1 saturated carbocycles. The number of nitrogens with one attached hydrogen (secondary N) is 1. The number of hydrogen-bond donors (Lipinski definition) is 2. The van der Waals surface area contributed by atoms with Gasteiger partial charge in [0, 0.05) is 41.6 Å². The number of rotatable bonds is 10. The fourth-order valence-corrected chi connectivity index (χ4v) is 5.49. The zero-order valence-corrected chi connectivity index (χ0v) is 23.2. The number of carbonyl (C=O) groups is 1. The van der Waals surface area contributed by atoms with Gasteiger partial charge in [0.25, 0.3) is 0 Å². The Labute approximate surface area is 239 Å². The summed E-state index contributed by atoms with van der Waals surface area (Å²) in [7, 11) is 0. The molecule has 210 valence electrons. The second-order valence-corrected chi connectivity index (χ2v) is 10.5. The highest BCUT2D eigenvalue weighted by atomic mass is 16.6. The van der Waals surface area contributed by atoms with E-state index in [1.807, 2.05) is 78.4 Å². The van der Waals surface area contributed by atoms with Gasteiger partial charge in [0.05, 0.1) is 18.6 Å². The highest BCUT2D eigenvalue weighted by Crippen LogP contribution is 2.43. The van der Waals surface area contributed by atoms with E-state index in [2.05, 4.69) is 27.0 Å². The highest BCUT2D eigenvalue weighted by Gasteiger charge is 2.27. The first-order valence-corrected chi connectivity index (χ1v) is 14.2. The van der Waals surface area contributed by atoms with E-state index in [0.717, 1.165) is 52.9 Å². The van der Waals surface area contributed by atoms with Gasteiger partial charge in [0.2, 0.25) is 0 Å². The molecule has 41 heavy (non-hydrogen) atoms. The molecule has 0 unspecified atom stereocenters. The summed E-state index contributed by atoms with van der Waals surface area (Å²) in [5, 5.41) is 3.98. The molecule has 1 fully saturated rings. The van der Waals surface area contributed by atoms with Gasteiger partial charge < -0.3 is 24.3 Å². The Bertz CT molecular complexity index is 1610. The summed E-state index contributed by atoms with van der Waals surface area (Å²) in [6.07, 6.45) is 8.18. The fourth-order valence-electron chi connectivity index (χ4n) is 5.49. The largest absolute Gasteiger partial charge is 0.492 e. The van der Waals surface area contributed by atoms with Crippen molar-refractivity contribution in [3.8, 4) is 17.0 Å². The van der Waals surface area contributed by atoms with Crippen LogP contribution in [0.1, 0.15) is 49.5 Å². The third-order valence-electron chi connectivity index (χ3n) is 7.86. The van der Waals surface area contributed by atoms with Gasteiger partial charge in [-0.3, -0.25) is 5.32 Å². The normalized spacial score (nSPS) is 14.0. The van der Waals surface area contributed by atoms with Gasteiger partial charge in [-0.2, -0.15) is 0 Å². The van der Waals surface area contributed by atoms with Crippen LogP contribution in [-0.2, 0) is 17.8 Å². The predicted molar refractivity (Wildman–Crippen MR) is 161 cm³/mol. The Hall–Kier alpha value is -4.56. The molecular formula is C33H35N5O3. The lowest BCUT2D eigenvalue weighted by molar-refractivity contribution is 0.121. The molecule has 8 nitrogen and oxygen atoms in total. The van der Waals surface area contributed by atoms with Crippen LogP contribution in [0.5, 0.6) is 5.75 Å². The van der Waals surface area contributed by atoms with Gasteiger partial charge in [-0.1, -0.05) is 42.5 Å². The van der Waals surface area contributed by atoms with Crippen molar-refractivity contribution in [2.24, 2.45) is 5.73 Å². The molecule has 0 spiro atoms. The first-order chi connectivity index (χ1) is 20.1. The highest BCUT2D eigenvalue weighted by molar-refractivity contribution is 5.93. The van der Waals surface area contributed by atoms with E-state index in [4.69, 9.17) is 15.2 Å². The number of hydrogen-bond acceptors (Lipinski definition) is 5. The van der Waals surface area contributed by atoms with Gasteiger partial charge in [-0.25, -0.2) is 9.78 Å².